The van der Waals surface area contributed by atoms with Gasteiger partial charge in [0.2, 0.25) is 0 Å². The highest BCUT2D eigenvalue weighted by Gasteiger charge is 2.02. The Morgan fingerprint density at radius 3 is 2.67 bits per heavy atom. The second kappa shape index (κ2) is 6.92. The normalized spacial score (nSPS) is 10.2. The molecule has 0 aliphatic rings. The molecule has 0 bridgehead atoms. The van der Waals surface area contributed by atoms with E-state index in [0.717, 1.165) is 5.56 Å². The molecule has 0 amide bonds. The molecule has 0 spiro atoms. The zero-order valence-corrected chi connectivity index (χ0v) is 11.2. The number of carbonyl (C=O) groups is 1. The van der Waals surface area contributed by atoms with E-state index in [1.807, 2.05) is 6.07 Å². The Morgan fingerprint density at radius 1 is 1.24 bits per heavy atom. The van der Waals surface area contributed by atoms with Gasteiger partial charge in [-0.25, -0.2) is 0 Å². The average Bonchev–Trinajstić information content (AvgIpc) is 2.51. The van der Waals surface area contributed by atoms with Gasteiger partial charge in [-0.2, -0.15) is 5.26 Å². The van der Waals surface area contributed by atoms with Crippen LogP contribution in [0.4, 0.5) is 0 Å². The summed E-state index contributed by atoms with van der Waals surface area (Å²) < 4.78 is 5.11. The minimum Gasteiger partial charge on any atom is -0.508 e. The van der Waals surface area contributed by atoms with Gasteiger partial charge in [-0.05, 0) is 48.0 Å². The quantitative estimate of drug-likeness (QED) is 0.674. The molecule has 0 atom stereocenters. The predicted molar refractivity (Wildman–Crippen MR) is 79.0 cm³/mol. The van der Waals surface area contributed by atoms with E-state index in [-0.39, 0.29) is 18.1 Å². The van der Waals surface area contributed by atoms with Gasteiger partial charge in [-0.3, -0.25) is 4.79 Å². The van der Waals surface area contributed by atoms with E-state index in [1.165, 1.54) is 6.08 Å². The van der Waals surface area contributed by atoms with Crippen LogP contribution in [0.15, 0.2) is 54.6 Å². The number of nitrogens with zero attached hydrogens (tertiary/aromatic N) is 1. The number of ketones is 1. The van der Waals surface area contributed by atoms with Crippen molar-refractivity contribution in [3.63, 3.8) is 0 Å². The fourth-order valence-electron chi connectivity index (χ4n) is 1.73. The third-order valence-corrected chi connectivity index (χ3v) is 2.74. The molecule has 2 aromatic rings. The van der Waals surface area contributed by atoms with Gasteiger partial charge < -0.3 is 9.84 Å². The predicted octanol–water partition coefficient (Wildman–Crippen LogP) is 3.19. The molecule has 21 heavy (non-hydrogen) atoms. The molecule has 0 saturated heterocycles. The van der Waals surface area contributed by atoms with E-state index in [1.54, 1.807) is 54.6 Å². The lowest BCUT2D eigenvalue weighted by Gasteiger charge is -2.02. The minimum atomic E-state index is -0.148. The highest BCUT2D eigenvalue weighted by Crippen LogP contribution is 2.15. The van der Waals surface area contributed by atoms with Gasteiger partial charge in [-0.15, -0.1) is 0 Å². The van der Waals surface area contributed by atoms with E-state index in [0.29, 0.717) is 11.3 Å². The van der Waals surface area contributed by atoms with Gasteiger partial charge in [0.25, 0.3) is 0 Å². The smallest absolute Gasteiger partial charge is 0.185 e. The number of benzene rings is 2. The molecule has 1 N–H and O–H groups in total. The summed E-state index contributed by atoms with van der Waals surface area (Å²) in [5, 5.41) is 17.8. The highest BCUT2D eigenvalue weighted by molar-refractivity contribution is 6.06. The fourth-order valence-corrected chi connectivity index (χ4v) is 1.73. The number of carbonyl (C=O) groups excluding carboxylic acids is 1. The molecule has 0 unspecified atom stereocenters. The molecule has 0 aromatic heterocycles. The van der Waals surface area contributed by atoms with E-state index < -0.39 is 0 Å². The summed E-state index contributed by atoms with van der Waals surface area (Å²) in [5.74, 6) is 0.554. The van der Waals surface area contributed by atoms with E-state index in [4.69, 9.17) is 10.00 Å². The lowest BCUT2D eigenvalue weighted by atomic mass is 10.1. The van der Waals surface area contributed by atoms with Crippen LogP contribution in [-0.4, -0.2) is 17.5 Å². The van der Waals surface area contributed by atoms with Gasteiger partial charge in [0, 0.05) is 5.56 Å². The Balaban J connectivity index is 2.05. The lowest BCUT2D eigenvalue weighted by molar-refractivity contribution is 0.104. The Hall–Kier alpha value is -3.06. The van der Waals surface area contributed by atoms with Crippen LogP contribution in [0.1, 0.15) is 15.9 Å². The minimum absolute atomic E-state index is 0.0231. The maximum Gasteiger partial charge on any atom is 0.185 e. The number of nitriles is 1. The van der Waals surface area contributed by atoms with Gasteiger partial charge in [0.1, 0.15) is 17.6 Å². The number of phenolic OH excluding ortho intramolecular Hbond substituents is 1. The second-order valence-electron chi connectivity index (χ2n) is 4.26. The summed E-state index contributed by atoms with van der Waals surface area (Å²) in [7, 11) is 0. The van der Waals surface area contributed by atoms with Crippen molar-refractivity contribution in [2.75, 3.05) is 6.61 Å². The van der Waals surface area contributed by atoms with E-state index >= 15 is 0 Å². The Kier molecular flexibility index (Phi) is 4.73. The molecule has 0 saturated carbocycles. The third-order valence-electron chi connectivity index (χ3n) is 2.74. The number of allylic oxidation sites excluding steroid dienone is 1. The van der Waals surface area contributed by atoms with Crippen molar-refractivity contribution in [1.29, 1.82) is 5.26 Å². The first-order valence-corrected chi connectivity index (χ1v) is 6.30. The van der Waals surface area contributed by atoms with Crippen molar-refractivity contribution >= 4 is 11.9 Å². The molecule has 0 aliphatic carbocycles. The average molecular weight is 279 g/mol. The molecule has 104 valence electrons. The summed E-state index contributed by atoms with van der Waals surface area (Å²) in [6.07, 6.45) is 3.09. The zero-order chi connectivity index (χ0) is 15.1. The first kappa shape index (κ1) is 14.4. The van der Waals surface area contributed by atoms with Crippen LogP contribution in [0.2, 0.25) is 0 Å². The molecule has 0 heterocycles. The summed E-state index contributed by atoms with van der Waals surface area (Å²) in [6.45, 7) is -0.0231. The third kappa shape index (κ3) is 4.22. The Labute approximate surface area is 122 Å². The first-order chi connectivity index (χ1) is 10.2. The molecule has 4 nitrogen and oxygen atoms in total. The Morgan fingerprint density at radius 2 is 2.00 bits per heavy atom. The summed E-state index contributed by atoms with van der Waals surface area (Å²) in [6, 6.07) is 15.1. The number of aromatic hydroxyl groups is 1. The van der Waals surface area contributed by atoms with Crippen molar-refractivity contribution in [2.24, 2.45) is 0 Å². The van der Waals surface area contributed by atoms with Crippen molar-refractivity contribution < 1.29 is 14.6 Å². The Bertz CT molecular complexity index is 697. The largest absolute Gasteiger partial charge is 0.508 e. The van der Waals surface area contributed by atoms with Gasteiger partial charge in [0.15, 0.2) is 12.4 Å². The topological polar surface area (TPSA) is 70.3 Å². The van der Waals surface area contributed by atoms with Gasteiger partial charge in [-0.1, -0.05) is 18.2 Å². The van der Waals surface area contributed by atoms with Crippen LogP contribution in [0, 0.1) is 11.3 Å². The van der Waals surface area contributed by atoms with Crippen LogP contribution in [-0.2, 0) is 0 Å². The number of rotatable bonds is 5. The maximum absolute atomic E-state index is 12.0. The van der Waals surface area contributed by atoms with Gasteiger partial charge >= 0.3 is 0 Å². The molecule has 2 rings (SSSR count). The van der Waals surface area contributed by atoms with Crippen LogP contribution >= 0.6 is 0 Å². The SMILES string of the molecule is N#CCOc1ccc(C(=O)/C=C/c2cccc(O)c2)cc1. The molecule has 0 aliphatic heterocycles. The van der Waals surface area contributed by atoms with Crippen LogP contribution in [0.5, 0.6) is 11.5 Å². The number of hydrogen-bond donors (Lipinski definition) is 1. The first-order valence-electron chi connectivity index (χ1n) is 6.30. The second-order valence-corrected chi connectivity index (χ2v) is 4.26. The number of hydrogen-bond acceptors (Lipinski definition) is 4. The molecule has 2 aromatic carbocycles. The van der Waals surface area contributed by atoms with Crippen molar-refractivity contribution in [3.05, 3.63) is 65.7 Å². The molecular formula is C17H13NO3. The van der Waals surface area contributed by atoms with Crippen molar-refractivity contribution in [1.82, 2.24) is 0 Å². The highest BCUT2D eigenvalue weighted by atomic mass is 16.5. The summed E-state index contributed by atoms with van der Waals surface area (Å²) in [5.41, 5.74) is 1.27. The van der Waals surface area contributed by atoms with Crippen molar-refractivity contribution in [3.8, 4) is 17.6 Å². The molecular weight excluding hydrogens is 266 g/mol. The maximum atomic E-state index is 12.0. The van der Waals surface area contributed by atoms with E-state index in [2.05, 4.69) is 0 Å². The standard InChI is InChI=1S/C17H13NO3/c18-10-11-21-16-7-5-14(6-8-16)17(20)9-4-13-2-1-3-15(19)12-13/h1-9,12,19H,11H2/b9-4+. The lowest BCUT2D eigenvalue weighted by Crippen LogP contribution is -1.96. The molecule has 0 radical (unpaired) electrons. The summed E-state index contributed by atoms with van der Waals surface area (Å²) >= 11 is 0. The zero-order valence-electron chi connectivity index (χ0n) is 11.2. The fraction of sp³-hybridized carbons (Fsp3) is 0.0588. The van der Waals surface area contributed by atoms with Crippen LogP contribution in [0.3, 0.4) is 0 Å². The number of phenols is 1. The van der Waals surface area contributed by atoms with Crippen LogP contribution < -0.4 is 4.74 Å². The summed E-state index contributed by atoms with van der Waals surface area (Å²) in [4.78, 5) is 12.0. The molecule has 0 fully saturated rings. The van der Waals surface area contributed by atoms with E-state index in [9.17, 15) is 9.90 Å². The van der Waals surface area contributed by atoms with Crippen molar-refractivity contribution in [2.45, 2.75) is 0 Å². The van der Waals surface area contributed by atoms with Gasteiger partial charge in [0.05, 0.1) is 0 Å². The molecule has 4 heteroatoms. The van der Waals surface area contributed by atoms with Crippen LogP contribution in [0.25, 0.3) is 6.08 Å². The number of ether oxygens (including phenoxy) is 1. The monoisotopic (exact) mass is 279 g/mol.